The number of β-amino-alcohol motifs (C(OH)–C–C–N with tert-alkyl or cyclic N) is 2. The van der Waals surface area contributed by atoms with E-state index in [0.717, 1.165) is 0 Å². The molecular formula is C11H12N2O6. The normalized spacial score (nSPS) is 22.5. The van der Waals surface area contributed by atoms with E-state index >= 15 is 0 Å². The molecule has 0 aliphatic carbocycles. The number of aliphatic hydroxyl groups excluding tert-OH is 2. The van der Waals surface area contributed by atoms with Crippen LogP contribution in [0.1, 0.15) is 10.4 Å². The molecule has 8 nitrogen and oxygen atoms in total. The van der Waals surface area contributed by atoms with Crippen LogP contribution in [0.2, 0.25) is 0 Å². The number of aromatic carboxylic acids is 1. The lowest BCUT2D eigenvalue weighted by Crippen LogP contribution is -2.24. The second-order valence-corrected chi connectivity index (χ2v) is 4.28. The van der Waals surface area contributed by atoms with Crippen LogP contribution < -0.4 is 4.90 Å². The molecule has 0 saturated carbocycles. The molecule has 3 N–H and O–H groups in total. The topological polar surface area (TPSA) is 124 Å². The maximum Gasteiger partial charge on any atom is 0.338 e. The predicted molar refractivity (Wildman–Crippen MR) is 64.3 cm³/mol. The number of nitro benzene ring substituents is 1. The number of carboxylic acids is 1. The van der Waals surface area contributed by atoms with Gasteiger partial charge in [-0.1, -0.05) is 6.07 Å². The van der Waals surface area contributed by atoms with Gasteiger partial charge in [-0.05, 0) is 6.07 Å². The van der Waals surface area contributed by atoms with Crippen LogP contribution in [-0.2, 0) is 0 Å². The van der Waals surface area contributed by atoms with Crippen LogP contribution in [-0.4, -0.2) is 51.5 Å². The number of anilines is 1. The van der Waals surface area contributed by atoms with E-state index in [0.29, 0.717) is 0 Å². The highest BCUT2D eigenvalue weighted by Gasteiger charge is 2.35. The maximum atomic E-state index is 11.1. The Morgan fingerprint density at radius 1 is 1.32 bits per heavy atom. The minimum Gasteiger partial charge on any atom is -0.478 e. The minimum absolute atomic E-state index is 0.0493. The molecule has 1 aliphatic heterocycles. The summed E-state index contributed by atoms with van der Waals surface area (Å²) in [6.07, 6.45) is -2.11. The van der Waals surface area contributed by atoms with Crippen LogP contribution in [0.5, 0.6) is 0 Å². The molecule has 0 radical (unpaired) electrons. The fraction of sp³-hybridized carbons (Fsp3) is 0.364. The number of benzene rings is 1. The van der Waals surface area contributed by atoms with Gasteiger partial charge in [0.05, 0.1) is 22.7 Å². The van der Waals surface area contributed by atoms with Gasteiger partial charge < -0.3 is 20.2 Å². The predicted octanol–water partition coefficient (Wildman–Crippen LogP) is -0.165. The van der Waals surface area contributed by atoms with E-state index in [2.05, 4.69) is 0 Å². The fourth-order valence-corrected chi connectivity index (χ4v) is 2.14. The molecule has 2 rings (SSSR count). The Morgan fingerprint density at radius 2 is 1.89 bits per heavy atom. The molecule has 1 aromatic rings. The molecule has 102 valence electrons. The molecule has 1 fully saturated rings. The van der Waals surface area contributed by atoms with Crippen molar-refractivity contribution in [2.75, 3.05) is 18.0 Å². The number of nitro groups is 1. The van der Waals surface area contributed by atoms with Crippen LogP contribution >= 0.6 is 0 Å². The van der Waals surface area contributed by atoms with Gasteiger partial charge in [-0.3, -0.25) is 10.1 Å². The third-order valence-corrected chi connectivity index (χ3v) is 3.02. The highest BCUT2D eigenvalue weighted by molar-refractivity contribution is 5.97. The van der Waals surface area contributed by atoms with Crippen molar-refractivity contribution >= 4 is 17.3 Å². The summed E-state index contributed by atoms with van der Waals surface area (Å²) in [4.78, 5) is 22.8. The number of hydrogen-bond acceptors (Lipinski definition) is 6. The molecule has 2 atom stereocenters. The average Bonchev–Trinajstić information content (AvgIpc) is 2.68. The number of carboxylic acid groups (broad SMARTS) is 1. The first-order valence-electron chi connectivity index (χ1n) is 5.53. The fourth-order valence-electron chi connectivity index (χ4n) is 2.14. The summed E-state index contributed by atoms with van der Waals surface area (Å²) in [5, 5.41) is 39.0. The van der Waals surface area contributed by atoms with Crippen molar-refractivity contribution in [1.29, 1.82) is 0 Å². The molecule has 0 spiro atoms. The Balaban J connectivity index is 2.53. The summed E-state index contributed by atoms with van der Waals surface area (Å²) >= 11 is 0. The monoisotopic (exact) mass is 268 g/mol. The van der Waals surface area contributed by atoms with Crippen molar-refractivity contribution < 1.29 is 25.0 Å². The van der Waals surface area contributed by atoms with Crippen molar-refractivity contribution in [2.45, 2.75) is 12.2 Å². The zero-order valence-electron chi connectivity index (χ0n) is 9.76. The molecule has 2 unspecified atom stereocenters. The van der Waals surface area contributed by atoms with E-state index in [-0.39, 0.29) is 30.0 Å². The van der Waals surface area contributed by atoms with Crippen molar-refractivity contribution in [3.05, 3.63) is 33.9 Å². The van der Waals surface area contributed by atoms with Crippen molar-refractivity contribution in [3.8, 4) is 0 Å². The summed E-state index contributed by atoms with van der Waals surface area (Å²) in [5.74, 6) is -1.30. The number of aliphatic hydroxyl groups is 2. The van der Waals surface area contributed by atoms with Gasteiger partial charge in [-0.2, -0.15) is 0 Å². The van der Waals surface area contributed by atoms with Crippen molar-refractivity contribution in [3.63, 3.8) is 0 Å². The quantitative estimate of drug-likeness (QED) is 0.513. The molecular weight excluding hydrogens is 256 g/mol. The zero-order valence-corrected chi connectivity index (χ0v) is 9.76. The summed E-state index contributed by atoms with van der Waals surface area (Å²) in [6.45, 7) is -0.0986. The highest BCUT2D eigenvalue weighted by atomic mass is 16.6. The standard InChI is InChI=1S/C11H12N2O6/c14-8-4-12(5-9(8)15)10-6(11(16)17)2-1-3-7(10)13(18)19/h1-3,8-9,14-15H,4-5H2,(H,16,17). The highest BCUT2D eigenvalue weighted by Crippen LogP contribution is 2.34. The lowest BCUT2D eigenvalue weighted by atomic mass is 10.1. The van der Waals surface area contributed by atoms with Crippen LogP contribution in [0.25, 0.3) is 0 Å². The lowest BCUT2D eigenvalue weighted by molar-refractivity contribution is -0.384. The maximum absolute atomic E-state index is 11.1. The number of rotatable bonds is 3. The summed E-state index contributed by atoms with van der Waals surface area (Å²) in [7, 11) is 0. The molecule has 0 bridgehead atoms. The molecule has 1 heterocycles. The Bertz CT molecular complexity index is 490. The van der Waals surface area contributed by atoms with Crippen LogP contribution in [0.3, 0.4) is 0 Å². The average molecular weight is 268 g/mol. The number of para-hydroxylation sites is 1. The van der Waals surface area contributed by atoms with Gasteiger partial charge in [-0.15, -0.1) is 0 Å². The van der Waals surface area contributed by atoms with Crippen molar-refractivity contribution in [2.24, 2.45) is 0 Å². The second kappa shape index (κ2) is 4.82. The molecule has 1 aliphatic rings. The largest absolute Gasteiger partial charge is 0.478 e. The van der Waals surface area contributed by atoms with Gasteiger partial charge in [0, 0.05) is 19.2 Å². The molecule has 0 aromatic heterocycles. The first-order valence-corrected chi connectivity index (χ1v) is 5.53. The third-order valence-electron chi connectivity index (χ3n) is 3.02. The van der Waals surface area contributed by atoms with Gasteiger partial charge >= 0.3 is 5.97 Å². The van der Waals surface area contributed by atoms with E-state index in [1.54, 1.807) is 0 Å². The van der Waals surface area contributed by atoms with E-state index in [9.17, 15) is 25.1 Å². The smallest absolute Gasteiger partial charge is 0.338 e. The Kier molecular flexibility index (Phi) is 3.36. The Labute approximate surface area is 107 Å². The molecule has 1 aromatic carbocycles. The lowest BCUT2D eigenvalue weighted by Gasteiger charge is -2.19. The number of carbonyl (C=O) groups is 1. The summed E-state index contributed by atoms with van der Waals surface area (Å²) < 4.78 is 0. The first-order chi connectivity index (χ1) is 8.91. The molecule has 0 amide bonds. The number of hydrogen-bond donors (Lipinski definition) is 3. The van der Waals surface area contributed by atoms with E-state index in [1.165, 1.54) is 23.1 Å². The van der Waals surface area contributed by atoms with Gasteiger partial charge in [0.25, 0.3) is 5.69 Å². The van der Waals surface area contributed by atoms with Crippen molar-refractivity contribution in [1.82, 2.24) is 0 Å². The third kappa shape index (κ3) is 2.35. The molecule has 8 heteroatoms. The van der Waals surface area contributed by atoms with Gasteiger partial charge in [0.15, 0.2) is 0 Å². The van der Waals surface area contributed by atoms with E-state index < -0.39 is 23.1 Å². The SMILES string of the molecule is O=C(O)c1cccc([N+](=O)[O-])c1N1CC(O)C(O)C1. The van der Waals surface area contributed by atoms with E-state index in [4.69, 9.17) is 5.11 Å². The van der Waals surface area contributed by atoms with Gasteiger partial charge in [0.2, 0.25) is 0 Å². The van der Waals surface area contributed by atoms with E-state index in [1.807, 2.05) is 0 Å². The van der Waals surface area contributed by atoms with Gasteiger partial charge in [0.1, 0.15) is 5.69 Å². The Morgan fingerprint density at radius 3 is 2.37 bits per heavy atom. The zero-order chi connectivity index (χ0) is 14.2. The second-order valence-electron chi connectivity index (χ2n) is 4.28. The van der Waals surface area contributed by atoms with Crippen LogP contribution in [0.15, 0.2) is 18.2 Å². The molecule has 1 saturated heterocycles. The first kappa shape index (κ1) is 13.2. The van der Waals surface area contributed by atoms with Crippen LogP contribution in [0.4, 0.5) is 11.4 Å². The summed E-state index contributed by atoms with van der Waals surface area (Å²) in [6, 6.07) is 3.73. The summed E-state index contributed by atoms with van der Waals surface area (Å²) in [5.41, 5.74) is -0.674. The van der Waals surface area contributed by atoms with Gasteiger partial charge in [-0.25, -0.2) is 4.79 Å². The molecule has 19 heavy (non-hydrogen) atoms. The van der Waals surface area contributed by atoms with Crippen LogP contribution in [0, 0.1) is 10.1 Å². The minimum atomic E-state index is -1.30. The number of nitrogens with zero attached hydrogens (tertiary/aromatic N) is 2. The Hall–Kier alpha value is -2.19.